The van der Waals surface area contributed by atoms with Gasteiger partial charge in [-0.05, 0) is 91.4 Å². The van der Waals surface area contributed by atoms with Crippen LogP contribution in [0.5, 0.6) is 0 Å². The molecule has 10 atom stereocenters. The van der Waals surface area contributed by atoms with E-state index in [0.29, 0.717) is 30.1 Å². The number of cyclic esters (lactones) is 1. The molecule has 4 heteroatoms. The van der Waals surface area contributed by atoms with Gasteiger partial charge in [0.25, 0.3) is 0 Å². The Hall–Kier alpha value is -0.870. The highest BCUT2D eigenvalue weighted by atomic mass is 16.6. The van der Waals surface area contributed by atoms with Crippen molar-refractivity contribution in [1.29, 1.82) is 0 Å². The molecule has 4 aliphatic carbocycles. The van der Waals surface area contributed by atoms with Crippen LogP contribution in [0.25, 0.3) is 0 Å². The SMILES string of the molecule is C=C(C)[C@@H]1OC(=O)C[C@]2(C)CC[C@]3(C)[C@H](CC[C@@H]4[C@]56CC[C@](O)(OC5)C(C)(C)[C@@H]6CC[C@]43C)[C@@H]12. The van der Waals surface area contributed by atoms with Crippen molar-refractivity contribution in [3.05, 3.63) is 12.2 Å². The predicted molar refractivity (Wildman–Crippen MR) is 132 cm³/mol. The largest absolute Gasteiger partial charge is 0.458 e. The Labute approximate surface area is 206 Å². The highest BCUT2D eigenvalue weighted by Crippen LogP contribution is 2.78. The van der Waals surface area contributed by atoms with Gasteiger partial charge in [0, 0.05) is 23.2 Å². The van der Waals surface area contributed by atoms with Crippen LogP contribution in [0.3, 0.4) is 0 Å². The van der Waals surface area contributed by atoms with Crippen LogP contribution in [-0.4, -0.2) is 29.6 Å². The highest BCUT2D eigenvalue weighted by molar-refractivity contribution is 5.72. The van der Waals surface area contributed by atoms with Gasteiger partial charge in [-0.25, -0.2) is 0 Å². The van der Waals surface area contributed by atoms with Crippen molar-refractivity contribution in [2.45, 2.75) is 111 Å². The number of carbonyl (C=O) groups is 1. The van der Waals surface area contributed by atoms with Crippen LogP contribution in [0.15, 0.2) is 12.2 Å². The van der Waals surface area contributed by atoms with Gasteiger partial charge in [0.15, 0.2) is 5.79 Å². The van der Waals surface area contributed by atoms with Crippen LogP contribution in [0.4, 0.5) is 0 Å². The van der Waals surface area contributed by atoms with E-state index in [1.165, 1.54) is 32.1 Å². The van der Waals surface area contributed by atoms with Crippen LogP contribution in [0, 0.1) is 50.7 Å². The summed E-state index contributed by atoms with van der Waals surface area (Å²) in [4.78, 5) is 12.6. The van der Waals surface area contributed by atoms with Crippen molar-refractivity contribution >= 4 is 5.97 Å². The molecule has 1 N–H and O–H groups in total. The molecule has 3 aliphatic heterocycles. The zero-order valence-electron chi connectivity index (χ0n) is 22.3. The second kappa shape index (κ2) is 6.71. The first-order valence-corrected chi connectivity index (χ1v) is 14.0. The Morgan fingerprint density at radius 3 is 2.32 bits per heavy atom. The van der Waals surface area contributed by atoms with Crippen molar-refractivity contribution in [3.8, 4) is 0 Å². The second-order valence-corrected chi connectivity index (χ2v) is 14.8. The minimum atomic E-state index is -0.957. The summed E-state index contributed by atoms with van der Waals surface area (Å²) < 4.78 is 12.4. The molecule has 0 amide bonds. The molecular weight excluding hydrogens is 424 g/mol. The lowest BCUT2D eigenvalue weighted by Crippen LogP contribution is -2.74. The van der Waals surface area contributed by atoms with Crippen molar-refractivity contribution in [2.24, 2.45) is 50.7 Å². The average molecular weight is 471 g/mol. The molecule has 2 bridgehead atoms. The van der Waals surface area contributed by atoms with Gasteiger partial charge < -0.3 is 14.6 Å². The van der Waals surface area contributed by atoms with Crippen LogP contribution < -0.4 is 0 Å². The summed E-state index contributed by atoms with van der Waals surface area (Å²) in [7, 11) is 0. The van der Waals surface area contributed by atoms with E-state index in [-0.39, 0.29) is 39.1 Å². The van der Waals surface area contributed by atoms with Gasteiger partial charge in [-0.15, -0.1) is 0 Å². The zero-order valence-corrected chi connectivity index (χ0v) is 22.3. The average Bonchev–Trinajstić information content (AvgIpc) is 2.75. The normalized spacial score (nSPS) is 57.5. The molecule has 4 saturated carbocycles. The summed E-state index contributed by atoms with van der Waals surface area (Å²) in [5, 5.41) is 11.4. The van der Waals surface area contributed by atoms with E-state index >= 15 is 0 Å². The molecular formula is C30H46O4. The molecule has 4 nitrogen and oxygen atoms in total. The van der Waals surface area contributed by atoms with Gasteiger partial charge in [0.2, 0.25) is 0 Å². The smallest absolute Gasteiger partial charge is 0.306 e. The second-order valence-electron chi connectivity index (χ2n) is 14.8. The summed E-state index contributed by atoms with van der Waals surface area (Å²) in [6.45, 7) is 19.2. The van der Waals surface area contributed by atoms with E-state index in [9.17, 15) is 9.90 Å². The van der Waals surface area contributed by atoms with Gasteiger partial charge >= 0.3 is 5.97 Å². The van der Waals surface area contributed by atoms with Gasteiger partial charge in [-0.1, -0.05) is 41.2 Å². The lowest BCUT2D eigenvalue weighted by Gasteiger charge is -2.76. The van der Waals surface area contributed by atoms with Crippen molar-refractivity contribution in [1.82, 2.24) is 0 Å². The first-order valence-electron chi connectivity index (χ1n) is 14.0. The Kier molecular flexibility index (Phi) is 4.64. The molecule has 0 radical (unpaired) electrons. The van der Waals surface area contributed by atoms with E-state index in [4.69, 9.17) is 9.47 Å². The molecule has 3 heterocycles. The summed E-state index contributed by atoms with van der Waals surface area (Å²) in [5.41, 5.74) is 1.46. The number of carbonyl (C=O) groups excluding carboxylic acids is 1. The van der Waals surface area contributed by atoms with Crippen molar-refractivity contribution < 1.29 is 19.4 Å². The maximum atomic E-state index is 12.6. The molecule has 0 aromatic rings. The fourth-order valence-corrected chi connectivity index (χ4v) is 11.4. The monoisotopic (exact) mass is 470 g/mol. The maximum absolute atomic E-state index is 12.6. The number of esters is 1. The molecule has 7 aliphatic rings. The number of fused-ring (bicyclic) bond motifs is 7. The van der Waals surface area contributed by atoms with Crippen molar-refractivity contribution in [3.63, 3.8) is 0 Å². The first kappa shape index (κ1) is 23.5. The predicted octanol–water partition coefficient (Wildman–Crippen LogP) is 6.27. The van der Waals surface area contributed by atoms with Crippen LogP contribution in [-0.2, 0) is 14.3 Å². The van der Waals surface area contributed by atoms with Crippen molar-refractivity contribution in [2.75, 3.05) is 6.61 Å². The molecule has 0 unspecified atom stereocenters. The molecule has 7 fully saturated rings. The standard InChI is InChI=1S/C30H46O4/c1-18(2)24-23-19-8-9-21-28(7,27(19,6)13-12-26(23,5)16-22(31)34-24)11-10-20-25(3,4)30(32)15-14-29(20,21)17-33-30/h19-21,23-24,32H,1,8-17H2,2-7H3/t19-,20+,21+,23+,24+,26+,27-,28-,29-,30+/m1/s1. The van der Waals surface area contributed by atoms with Gasteiger partial charge in [0.05, 0.1) is 13.0 Å². The summed E-state index contributed by atoms with van der Waals surface area (Å²) in [5.74, 6) is 1.08. The number of aliphatic hydroxyl groups is 1. The summed E-state index contributed by atoms with van der Waals surface area (Å²) in [6.07, 6.45) is 9.45. The third kappa shape index (κ3) is 2.51. The number of rotatable bonds is 1. The molecule has 1 spiro atoms. The summed E-state index contributed by atoms with van der Waals surface area (Å²) >= 11 is 0. The molecule has 0 aromatic heterocycles. The van der Waals surface area contributed by atoms with Crippen LogP contribution in [0.1, 0.15) is 99.3 Å². The van der Waals surface area contributed by atoms with E-state index < -0.39 is 5.79 Å². The Morgan fingerprint density at radius 2 is 1.68 bits per heavy atom. The molecule has 3 saturated heterocycles. The van der Waals surface area contributed by atoms with Crippen LogP contribution >= 0.6 is 0 Å². The third-order valence-electron chi connectivity index (χ3n) is 13.5. The van der Waals surface area contributed by atoms with E-state index in [1.54, 1.807) is 0 Å². The van der Waals surface area contributed by atoms with E-state index in [1.807, 2.05) is 0 Å². The number of hydrogen-bond acceptors (Lipinski definition) is 4. The van der Waals surface area contributed by atoms with Gasteiger partial charge in [-0.3, -0.25) is 4.79 Å². The van der Waals surface area contributed by atoms with E-state index in [2.05, 4.69) is 48.1 Å². The van der Waals surface area contributed by atoms with E-state index in [0.717, 1.165) is 31.4 Å². The number of ether oxygens (including phenoxy) is 2. The zero-order chi connectivity index (χ0) is 24.5. The first-order chi connectivity index (χ1) is 15.7. The fraction of sp³-hybridized carbons (Fsp3) is 0.900. The molecule has 190 valence electrons. The fourth-order valence-electron chi connectivity index (χ4n) is 11.4. The van der Waals surface area contributed by atoms with Gasteiger partial charge in [-0.2, -0.15) is 0 Å². The highest BCUT2D eigenvalue weighted by Gasteiger charge is 2.75. The topological polar surface area (TPSA) is 55.8 Å². The quantitative estimate of drug-likeness (QED) is 0.362. The van der Waals surface area contributed by atoms with Crippen LogP contribution in [0.2, 0.25) is 0 Å². The van der Waals surface area contributed by atoms with Gasteiger partial charge in [0.1, 0.15) is 6.10 Å². The Morgan fingerprint density at radius 1 is 0.941 bits per heavy atom. The lowest BCUT2D eigenvalue weighted by molar-refractivity contribution is -0.401. The minimum Gasteiger partial charge on any atom is -0.458 e. The molecule has 34 heavy (non-hydrogen) atoms. The maximum Gasteiger partial charge on any atom is 0.306 e. The third-order valence-corrected chi connectivity index (χ3v) is 13.5. The number of hydrogen-bond donors (Lipinski definition) is 1. The Bertz CT molecular complexity index is 928. The molecule has 7 rings (SSSR count). The minimum absolute atomic E-state index is 0.0130. The Balaban J connectivity index is 1.42. The lowest BCUT2D eigenvalue weighted by atomic mass is 9.31. The summed E-state index contributed by atoms with van der Waals surface area (Å²) in [6, 6.07) is 0. The molecule has 0 aromatic carbocycles.